The molecular formula is C8H19NO3S. The standard InChI is InChI=1S/C4H11NO2S.C4H8O/c1-4(2,3)8(5,6)7;1-2-4-5-3-1/h1-3H3,(H2,5,6,7);1-4H2. The van der Waals surface area contributed by atoms with Gasteiger partial charge in [0.1, 0.15) is 0 Å². The molecule has 4 nitrogen and oxygen atoms in total. The molecule has 1 aliphatic rings. The fourth-order valence-corrected chi connectivity index (χ4v) is 0.510. The monoisotopic (exact) mass is 209 g/mol. The normalized spacial score (nSPS) is 17.8. The molecule has 0 amide bonds. The van der Waals surface area contributed by atoms with Crippen LogP contribution in [0.4, 0.5) is 0 Å². The number of sulfonamides is 1. The molecule has 0 aliphatic carbocycles. The minimum Gasteiger partial charge on any atom is -0.381 e. The van der Waals surface area contributed by atoms with Crippen LogP contribution in [0, 0.1) is 0 Å². The molecule has 1 heterocycles. The van der Waals surface area contributed by atoms with Gasteiger partial charge in [0.05, 0.1) is 4.75 Å². The minimum absolute atomic E-state index is 0.812. The molecule has 0 aromatic heterocycles. The van der Waals surface area contributed by atoms with Gasteiger partial charge >= 0.3 is 0 Å². The second-order valence-electron chi connectivity index (χ2n) is 3.98. The Bertz CT molecular complexity index is 217. The van der Waals surface area contributed by atoms with Crippen molar-refractivity contribution in [3.8, 4) is 0 Å². The molecule has 0 atom stereocenters. The molecule has 0 aromatic rings. The summed E-state index contributed by atoms with van der Waals surface area (Å²) in [7, 11) is -3.34. The molecule has 1 fully saturated rings. The van der Waals surface area contributed by atoms with Crippen LogP contribution >= 0.6 is 0 Å². The van der Waals surface area contributed by atoms with E-state index in [2.05, 4.69) is 0 Å². The maximum Gasteiger partial charge on any atom is 0.214 e. The first-order valence-corrected chi connectivity index (χ1v) is 5.90. The van der Waals surface area contributed by atoms with Crippen molar-refractivity contribution in [2.45, 2.75) is 38.4 Å². The summed E-state index contributed by atoms with van der Waals surface area (Å²) in [5.41, 5.74) is 0. The van der Waals surface area contributed by atoms with Gasteiger partial charge in [0, 0.05) is 13.2 Å². The largest absolute Gasteiger partial charge is 0.381 e. The van der Waals surface area contributed by atoms with Gasteiger partial charge in [-0.3, -0.25) is 0 Å². The van der Waals surface area contributed by atoms with Gasteiger partial charge in [-0.05, 0) is 33.6 Å². The Morgan fingerprint density at radius 3 is 1.54 bits per heavy atom. The number of rotatable bonds is 0. The molecule has 0 spiro atoms. The summed E-state index contributed by atoms with van der Waals surface area (Å²) in [6, 6.07) is 0. The Hall–Kier alpha value is -0.130. The van der Waals surface area contributed by atoms with E-state index < -0.39 is 14.8 Å². The van der Waals surface area contributed by atoms with Gasteiger partial charge in [-0.15, -0.1) is 0 Å². The Labute approximate surface area is 80.5 Å². The molecule has 80 valence electrons. The average Bonchev–Trinajstić information content (AvgIpc) is 2.35. The van der Waals surface area contributed by atoms with Crippen LogP contribution in [-0.2, 0) is 14.8 Å². The van der Waals surface area contributed by atoms with Crippen LogP contribution in [0.2, 0.25) is 0 Å². The van der Waals surface area contributed by atoms with Crippen LogP contribution < -0.4 is 5.14 Å². The summed E-state index contributed by atoms with van der Waals surface area (Å²) in [6.07, 6.45) is 2.56. The Kier molecular flexibility index (Phi) is 4.88. The zero-order valence-corrected chi connectivity index (χ0v) is 9.36. The number of hydrogen-bond acceptors (Lipinski definition) is 3. The van der Waals surface area contributed by atoms with Crippen LogP contribution in [-0.4, -0.2) is 26.4 Å². The fraction of sp³-hybridized carbons (Fsp3) is 1.00. The molecule has 13 heavy (non-hydrogen) atoms. The Morgan fingerprint density at radius 1 is 1.15 bits per heavy atom. The van der Waals surface area contributed by atoms with Crippen molar-refractivity contribution in [2.24, 2.45) is 5.14 Å². The molecule has 5 heteroatoms. The summed E-state index contributed by atoms with van der Waals surface area (Å²) in [4.78, 5) is 0. The average molecular weight is 209 g/mol. The van der Waals surface area contributed by atoms with Gasteiger partial charge in [0.15, 0.2) is 0 Å². The molecule has 0 radical (unpaired) electrons. The minimum atomic E-state index is -3.34. The molecule has 2 N–H and O–H groups in total. The third-order valence-corrected chi connectivity index (χ3v) is 3.39. The molecule has 0 saturated carbocycles. The smallest absolute Gasteiger partial charge is 0.214 e. The van der Waals surface area contributed by atoms with Crippen molar-refractivity contribution in [3.63, 3.8) is 0 Å². The third kappa shape index (κ3) is 6.01. The number of ether oxygens (including phenoxy) is 1. The number of hydrogen-bond donors (Lipinski definition) is 1. The van der Waals surface area contributed by atoms with Gasteiger partial charge in [0.2, 0.25) is 10.0 Å². The van der Waals surface area contributed by atoms with Crippen molar-refractivity contribution < 1.29 is 13.2 Å². The predicted octanol–water partition coefficient (Wildman–Crippen LogP) is 0.870. The van der Waals surface area contributed by atoms with E-state index in [1.807, 2.05) is 0 Å². The summed E-state index contributed by atoms with van der Waals surface area (Å²) < 4.78 is 25.0. The SMILES string of the molecule is C1CCOC1.CC(C)(C)S(N)(=O)=O. The highest BCUT2D eigenvalue weighted by molar-refractivity contribution is 7.90. The summed E-state index contributed by atoms with van der Waals surface area (Å²) >= 11 is 0. The van der Waals surface area contributed by atoms with E-state index in [1.54, 1.807) is 20.8 Å². The van der Waals surface area contributed by atoms with Gasteiger partial charge in [-0.1, -0.05) is 0 Å². The lowest BCUT2D eigenvalue weighted by molar-refractivity contribution is 0.198. The van der Waals surface area contributed by atoms with Crippen LogP contribution in [0.15, 0.2) is 0 Å². The van der Waals surface area contributed by atoms with Crippen LogP contribution in [0.3, 0.4) is 0 Å². The molecule has 0 bridgehead atoms. The molecule has 1 rings (SSSR count). The Morgan fingerprint density at radius 2 is 1.46 bits per heavy atom. The second kappa shape index (κ2) is 4.93. The summed E-state index contributed by atoms with van der Waals surface area (Å²) in [6.45, 7) is 6.67. The van der Waals surface area contributed by atoms with E-state index in [9.17, 15) is 8.42 Å². The highest BCUT2D eigenvalue weighted by Gasteiger charge is 2.23. The maximum absolute atomic E-state index is 10.4. The lowest BCUT2D eigenvalue weighted by Crippen LogP contribution is -2.34. The van der Waals surface area contributed by atoms with E-state index >= 15 is 0 Å². The summed E-state index contributed by atoms with van der Waals surface area (Å²) in [5.74, 6) is 0. The predicted molar refractivity (Wildman–Crippen MR) is 52.9 cm³/mol. The van der Waals surface area contributed by atoms with E-state index in [-0.39, 0.29) is 0 Å². The quantitative estimate of drug-likeness (QED) is 0.643. The van der Waals surface area contributed by atoms with E-state index in [1.165, 1.54) is 12.8 Å². The molecular weight excluding hydrogens is 190 g/mol. The van der Waals surface area contributed by atoms with Gasteiger partial charge in [-0.2, -0.15) is 0 Å². The number of primary sulfonamides is 1. The topological polar surface area (TPSA) is 69.4 Å². The lowest BCUT2D eigenvalue weighted by Gasteiger charge is -2.13. The van der Waals surface area contributed by atoms with Crippen molar-refractivity contribution >= 4 is 10.0 Å². The first kappa shape index (κ1) is 12.9. The van der Waals surface area contributed by atoms with E-state index in [0.29, 0.717) is 0 Å². The Balaban J connectivity index is 0.000000243. The van der Waals surface area contributed by atoms with Crippen LogP contribution in [0.5, 0.6) is 0 Å². The molecule has 1 saturated heterocycles. The van der Waals surface area contributed by atoms with Crippen LogP contribution in [0.25, 0.3) is 0 Å². The van der Waals surface area contributed by atoms with Crippen molar-refractivity contribution in [2.75, 3.05) is 13.2 Å². The fourth-order valence-electron chi connectivity index (χ4n) is 0.510. The third-order valence-electron chi connectivity index (χ3n) is 1.68. The zero-order valence-electron chi connectivity index (χ0n) is 8.54. The first-order chi connectivity index (χ1) is 5.75. The highest BCUT2D eigenvalue weighted by Crippen LogP contribution is 2.09. The van der Waals surface area contributed by atoms with Crippen molar-refractivity contribution in [1.29, 1.82) is 0 Å². The molecule has 0 aromatic carbocycles. The van der Waals surface area contributed by atoms with Gasteiger partial charge in [-0.25, -0.2) is 13.6 Å². The molecule has 1 aliphatic heterocycles. The van der Waals surface area contributed by atoms with Gasteiger partial charge < -0.3 is 4.74 Å². The lowest BCUT2D eigenvalue weighted by atomic mass is 10.3. The van der Waals surface area contributed by atoms with Crippen molar-refractivity contribution in [3.05, 3.63) is 0 Å². The molecule has 0 unspecified atom stereocenters. The summed E-state index contributed by atoms with van der Waals surface area (Å²) in [5, 5.41) is 4.78. The zero-order chi connectivity index (χ0) is 10.5. The maximum atomic E-state index is 10.4. The van der Waals surface area contributed by atoms with Crippen molar-refractivity contribution in [1.82, 2.24) is 0 Å². The highest BCUT2D eigenvalue weighted by atomic mass is 32.2. The second-order valence-corrected chi connectivity index (χ2v) is 6.29. The first-order valence-electron chi connectivity index (χ1n) is 4.35. The van der Waals surface area contributed by atoms with Crippen LogP contribution in [0.1, 0.15) is 33.6 Å². The van der Waals surface area contributed by atoms with E-state index in [0.717, 1.165) is 13.2 Å². The number of nitrogens with two attached hydrogens (primary N) is 1. The van der Waals surface area contributed by atoms with E-state index in [4.69, 9.17) is 9.88 Å². The van der Waals surface area contributed by atoms with Gasteiger partial charge in [0.25, 0.3) is 0 Å².